The SMILES string of the molecule is CC(C)Cn1c(CCC(N)=O)nnc1SC(C)c1nc2scc(-c3cccs3)c2c(=O)[nH]1. The van der Waals surface area contributed by atoms with E-state index >= 15 is 0 Å². The van der Waals surface area contributed by atoms with Gasteiger partial charge in [-0.15, -0.1) is 32.9 Å². The first-order chi connectivity index (χ1) is 15.3. The Morgan fingerprint density at radius 3 is 2.78 bits per heavy atom. The molecule has 0 aliphatic carbocycles. The van der Waals surface area contributed by atoms with Crippen molar-refractivity contribution in [2.24, 2.45) is 11.7 Å². The van der Waals surface area contributed by atoms with Crippen LogP contribution >= 0.6 is 34.4 Å². The lowest BCUT2D eigenvalue weighted by Gasteiger charge is -2.14. The first-order valence-corrected chi connectivity index (χ1v) is 12.9. The summed E-state index contributed by atoms with van der Waals surface area (Å²) in [5, 5.41) is 13.8. The summed E-state index contributed by atoms with van der Waals surface area (Å²) >= 11 is 4.57. The number of H-pyrrole nitrogens is 1. The lowest BCUT2D eigenvalue weighted by Crippen LogP contribution is -2.15. The van der Waals surface area contributed by atoms with Crippen LogP contribution in [0.2, 0.25) is 0 Å². The van der Waals surface area contributed by atoms with Gasteiger partial charge in [-0.1, -0.05) is 31.7 Å². The molecule has 0 saturated heterocycles. The number of rotatable bonds is 9. The summed E-state index contributed by atoms with van der Waals surface area (Å²) < 4.78 is 2.03. The molecule has 4 rings (SSSR count). The van der Waals surface area contributed by atoms with Crippen molar-refractivity contribution in [3.8, 4) is 10.4 Å². The molecule has 1 atom stereocenters. The molecule has 32 heavy (non-hydrogen) atoms. The number of nitrogens with one attached hydrogen (secondary N) is 1. The Balaban J connectivity index is 1.62. The van der Waals surface area contributed by atoms with Crippen molar-refractivity contribution in [1.29, 1.82) is 0 Å². The van der Waals surface area contributed by atoms with E-state index in [1.807, 2.05) is 34.4 Å². The van der Waals surface area contributed by atoms with Crippen molar-refractivity contribution >= 4 is 50.6 Å². The molecular formula is C21H24N6O2S3. The zero-order chi connectivity index (χ0) is 22.8. The Bertz CT molecular complexity index is 1290. The van der Waals surface area contributed by atoms with E-state index in [9.17, 15) is 9.59 Å². The molecule has 3 N–H and O–H groups in total. The zero-order valence-corrected chi connectivity index (χ0v) is 20.4. The summed E-state index contributed by atoms with van der Waals surface area (Å²) in [4.78, 5) is 33.6. The van der Waals surface area contributed by atoms with Crippen LogP contribution in [-0.4, -0.2) is 30.6 Å². The molecule has 0 bridgehead atoms. The number of aryl methyl sites for hydroxylation is 1. The predicted molar refractivity (Wildman–Crippen MR) is 130 cm³/mol. The Kier molecular flexibility index (Phi) is 6.77. The van der Waals surface area contributed by atoms with Gasteiger partial charge in [-0.3, -0.25) is 9.59 Å². The largest absolute Gasteiger partial charge is 0.370 e. The minimum Gasteiger partial charge on any atom is -0.370 e. The third-order valence-electron chi connectivity index (χ3n) is 4.85. The fourth-order valence-corrected chi connectivity index (χ4v) is 6.06. The smallest absolute Gasteiger partial charge is 0.260 e. The normalized spacial score (nSPS) is 12.6. The highest BCUT2D eigenvalue weighted by Crippen LogP contribution is 2.36. The molecule has 168 valence electrons. The molecule has 0 aliphatic rings. The summed E-state index contributed by atoms with van der Waals surface area (Å²) in [6.45, 7) is 6.95. The number of carbonyl (C=O) groups is 1. The van der Waals surface area contributed by atoms with Gasteiger partial charge in [0.25, 0.3) is 5.56 Å². The standard InChI is InChI=1S/C21H24N6O2S3/c1-11(2)9-27-16(7-6-15(22)28)25-26-21(27)32-12(3)18-23-19(29)17-13(10-31-20(17)24-18)14-5-4-8-30-14/h4-5,8,10-12H,6-7,9H2,1-3H3,(H2,22,28)(H,23,24,29). The number of nitrogens with zero attached hydrogens (tertiary/aromatic N) is 4. The molecule has 4 aromatic heterocycles. The van der Waals surface area contributed by atoms with Crippen LogP contribution < -0.4 is 11.3 Å². The average molecular weight is 489 g/mol. The molecule has 8 nitrogen and oxygen atoms in total. The van der Waals surface area contributed by atoms with Crippen molar-refractivity contribution in [3.63, 3.8) is 0 Å². The predicted octanol–water partition coefficient (Wildman–Crippen LogP) is 4.23. The molecule has 4 aromatic rings. The van der Waals surface area contributed by atoms with E-state index in [2.05, 4.69) is 29.0 Å². The highest BCUT2D eigenvalue weighted by atomic mass is 32.2. The van der Waals surface area contributed by atoms with Crippen LogP contribution in [-0.2, 0) is 17.8 Å². The quantitative estimate of drug-likeness (QED) is 0.340. The number of aromatic nitrogens is 5. The molecule has 4 heterocycles. The molecule has 11 heteroatoms. The van der Waals surface area contributed by atoms with E-state index < -0.39 is 0 Å². The summed E-state index contributed by atoms with van der Waals surface area (Å²) in [6.07, 6.45) is 0.679. The minimum atomic E-state index is -0.361. The van der Waals surface area contributed by atoms with E-state index in [0.29, 0.717) is 23.5 Å². The van der Waals surface area contributed by atoms with Gasteiger partial charge in [-0.2, -0.15) is 0 Å². The summed E-state index contributed by atoms with van der Waals surface area (Å²) in [5.74, 6) is 1.36. The molecule has 0 radical (unpaired) electrons. The summed E-state index contributed by atoms with van der Waals surface area (Å²) in [6, 6.07) is 3.98. The van der Waals surface area contributed by atoms with Gasteiger partial charge < -0.3 is 15.3 Å². The maximum Gasteiger partial charge on any atom is 0.260 e. The van der Waals surface area contributed by atoms with Crippen LogP contribution in [0.1, 0.15) is 44.1 Å². The van der Waals surface area contributed by atoms with Crippen LogP contribution in [0.5, 0.6) is 0 Å². The number of carbonyl (C=O) groups excluding carboxylic acids is 1. The number of thioether (sulfide) groups is 1. The fraction of sp³-hybridized carbons (Fsp3) is 0.381. The van der Waals surface area contributed by atoms with Gasteiger partial charge in [-0.25, -0.2) is 4.98 Å². The number of hydrogen-bond acceptors (Lipinski definition) is 8. The van der Waals surface area contributed by atoms with E-state index in [1.54, 1.807) is 11.3 Å². The lowest BCUT2D eigenvalue weighted by atomic mass is 10.2. The highest BCUT2D eigenvalue weighted by Gasteiger charge is 2.21. The highest BCUT2D eigenvalue weighted by molar-refractivity contribution is 7.99. The van der Waals surface area contributed by atoms with Crippen molar-refractivity contribution in [2.75, 3.05) is 0 Å². The van der Waals surface area contributed by atoms with Gasteiger partial charge in [-0.05, 0) is 24.3 Å². The van der Waals surface area contributed by atoms with Crippen molar-refractivity contribution in [1.82, 2.24) is 24.7 Å². The first kappa shape index (κ1) is 22.7. The van der Waals surface area contributed by atoms with Gasteiger partial charge in [0.15, 0.2) is 5.16 Å². The molecule has 1 amide bonds. The number of hydrogen-bond donors (Lipinski definition) is 2. The number of primary amides is 1. The second-order valence-corrected chi connectivity index (χ2v) is 11.0. The molecule has 1 unspecified atom stereocenters. The average Bonchev–Trinajstić information content (AvgIpc) is 3.46. The van der Waals surface area contributed by atoms with Crippen LogP contribution in [0.25, 0.3) is 20.7 Å². The van der Waals surface area contributed by atoms with Crippen LogP contribution in [0.4, 0.5) is 0 Å². The van der Waals surface area contributed by atoms with E-state index in [4.69, 9.17) is 10.7 Å². The zero-order valence-electron chi connectivity index (χ0n) is 18.0. The summed E-state index contributed by atoms with van der Waals surface area (Å²) in [5.41, 5.74) is 6.10. The topological polar surface area (TPSA) is 120 Å². The first-order valence-electron chi connectivity index (χ1n) is 10.3. The lowest BCUT2D eigenvalue weighted by molar-refractivity contribution is -0.118. The van der Waals surface area contributed by atoms with Gasteiger partial charge in [0.1, 0.15) is 16.5 Å². The third kappa shape index (κ3) is 4.79. The van der Waals surface area contributed by atoms with E-state index in [1.165, 1.54) is 23.1 Å². The second kappa shape index (κ2) is 9.55. The van der Waals surface area contributed by atoms with E-state index in [0.717, 1.165) is 32.8 Å². The summed E-state index contributed by atoms with van der Waals surface area (Å²) in [7, 11) is 0. The number of fused-ring (bicyclic) bond motifs is 1. The Labute approximate surface area is 197 Å². The van der Waals surface area contributed by atoms with Gasteiger partial charge in [0.05, 0.1) is 10.6 Å². The molecule has 0 saturated carbocycles. The van der Waals surface area contributed by atoms with Gasteiger partial charge in [0.2, 0.25) is 5.91 Å². The number of thiophene rings is 2. The monoisotopic (exact) mass is 488 g/mol. The fourth-order valence-electron chi connectivity index (χ4n) is 3.36. The van der Waals surface area contributed by atoms with Gasteiger partial charge in [0, 0.05) is 35.2 Å². The van der Waals surface area contributed by atoms with E-state index in [-0.39, 0.29) is 23.1 Å². The number of aromatic amines is 1. The van der Waals surface area contributed by atoms with Gasteiger partial charge >= 0.3 is 0 Å². The Morgan fingerprint density at radius 1 is 1.28 bits per heavy atom. The second-order valence-electron chi connectivity index (χ2n) is 7.89. The van der Waals surface area contributed by atoms with Crippen LogP contribution in [0.3, 0.4) is 0 Å². The third-order valence-corrected chi connectivity index (χ3v) is 7.72. The Morgan fingerprint density at radius 2 is 2.09 bits per heavy atom. The molecule has 0 spiro atoms. The maximum absolute atomic E-state index is 12.9. The Hall–Kier alpha value is -2.50. The molecule has 0 aromatic carbocycles. The van der Waals surface area contributed by atoms with Crippen molar-refractivity contribution in [2.45, 2.75) is 50.6 Å². The molecular weight excluding hydrogens is 464 g/mol. The van der Waals surface area contributed by atoms with Crippen molar-refractivity contribution in [3.05, 3.63) is 44.9 Å². The van der Waals surface area contributed by atoms with Crippen molar-refractivity contribution < 1.29 is 4.79 Å². The van der Waals surface area contributed by atoms with Crippen LogP contribution in [0, 0.1) is 5.92 Å². The number of amides is 1. The minimum absolute atomic E-state index is 0.132. The maximum atomic E-state index is 12.9. The molecule has 0 aliphatic heterocycles. The molecule has 0 fully saturated rings. The van der Waals surface area contributed by atoms with Crippen LogP contribution in [0.15, 0.2) is 32.8 Å². The number of nitrogens with two attached hydrogens (primary N) is 1.